The van der Waals surface area contributed by atoms with Crippen LogP contribution in [0.25, 0.3) is 0 Å². The molecule has 2 aliphatic rings. The van der Waals surface area contributed by atoms with Gasteiger partial charge in [-0.3, -0.25) is 9.89 Å². The number of hydrogen-bond donors (Lipinski definition) is 3. The number of aliphatic imine (C=N–C) groups is 1. The van der Waals surface area contributed by atoms with Gasteiger partial charge in [-0.2, -0.15) is 11.8 Å². The minimum Gasteiger partial charge on any atom is -0.393 e. The first-order valence-electron chi connectivity index (χ1n) is 10.7. The Morgan fingerprint density at radius 2 is 1.83 bits per heavy atom. The maximum Gasteiger partial charge on any atom is 0.191 e. The molecule has 7 heteroatoms. The zero-order chi connectivity index (χ0) is 19.8. The minimum atomic E-state index is -0.103. The molecule has 3 N–H and O–H groups in total. The highest BCUT2D eigenvalue weighted by molar-refractivity contribution is 14.0. The van der Waals surface area contributed by atoms with Crippen LogP contribution in [0.15, 0.2) is 29.3 Å². The number of nitrogens with one attached hydrogen (secondary N) is 2. The number of aliphatic hydroxyl groups is 1. The van der Waals surface area contributed by atoms with Gasteiger partial charge >= 0.3 is 0 Å². The van der Waals surface area contributed by atoms with Crippen molar-refractivity contribution in [1.29, 1.82) is 0 Å². The van der Waals surface area contributed by atoms with Gasteiger partial charge in [-0.25, -0.2) is 0 Å². The summed E-state index contributed by atoms with van der Waals surface area (Å²) in [6.07, 6.45) is 5.47. The smallest absolute Gasteiger partial charge is 0.191 e. The molecule has 1 aromatic rings. The molecule has 0 amide bonds. The molecule has 1 saturated heterocycles. The van der Waals surface area contributed by atoms with Gasteiger partial charge in [-0.15, -0.1) is 24.0 Å². The lowest BCUT2D eigenvalue weighted by Crippen LogP contribution is -2.42. The van der Waals surface area contributed by atoms with Crippen LogP contribution in [0, 0.1) is 0 Å². The highest BCUT2D eigenvalue weighted by atomic mass is 127. The molecule has 1 aliphatic carbocycles. The van der Waals surface area contributed by atoms with Crippen molar-refractivity contribution in [2.45, 2.75) is 69.5 Å². The van der Waals surface area contributed by atoms with E-state index >= 15 is 0 Å². The van der Waals surface area contributed by atoms with Crippen molar-refractivity contribution in [3.05, 3.63) is 35.4 Å². The number of benzene rings is 1. The summed E-state index contributed by atoms with van der Waals surface area (Å²) in [6.45, 7) is 5.99. The lowest BCUT2D eigenvalue weighted by Gasteiger charge is -2.29. The van der Waals surface area contributed by atoms with E-state index in [-0.39, 0.29) is 30.1 Å². The number of likely N-dealkylation sites (tertiary alicyclic amines) is 1. The van der Waals surface area contributed by atoms with Gasteiger partial charge in [0.2, 0.25) is 0 Å². The molecule has 1 saturated carbocycles. The van der Waals surface area contributed by atoms with Gasteiger partial charge in [0, 0.05) is 44.5 Å². The molecule has 5 nitrogen and oxygen atoms in total. The predicted molar refractivity (Wildman–Crippen MR) is 135 cm³/mol. The number of halogens is 1. The monoisotopic (exact) mass is 532 g/mol. The van der Waals surface area contributed by atoms with E-state index in [1.807, 2.05) is 7.05 Å². The number of aliphatic hydroxyl groups excluding tert-OH is 1. The Kier molecular flexibility index (Phi) is 11.1. The second kappa shape index (κ2) is 13.0. The first-order valence-corrected chi connectivity index (χ1v) is 11.8. The normalized spacial score (nSPS) is 23.6. The number of thioether (sulfide) groups is 1. The number of hydrogen-bond acceptors (Lipinski definition) is 4. The molecule has 0 spiro atoms. The van der Waals surface area contributed by atoms with Crippen molar-refractivity contribution in [3.8, 4) is 0 Å². The number of piperidine rings is 1. The van der Waals surface area contributed by atoms with Crippen molar-refractivity contribution in [2.75, 3.05) is 25.9 Å². The van der Waals surface area contributed by atoms with E-state index in [9.17, 15) is 5.11 Å². The highest BCUT2D eigenvalue weighted by Crippen LogP contribution is 2.29. The summed E-state index contributed by atoms with van der Waals surface area (Å²) in [5.74, 6) is 2.11. The van der Waals surface area contributed by atoms with Crippen molar-refractivity contribution >= 4 is 41.7 Å². The Morgan fingerprint density at radius 3 is 2.48 bits per heavy atom. The Balaban J connectivity index is 0.00000300. The third kappa shape index (κ3) is 8.26. The van der Waals surface area contributed by atoms with Gasteiger partial charge in [-0.05, 0) is 49.0 Å². The van der Waals surface area contributed by atoms with E-state index < -0.39 is 0 Å². The summed E-state index contributed by atoms with van der Waals surface area (Å²) in [5.41, 5.74) is 2.61. The number of nitrogens with zero attached hydrogens (tertiary/aromatic N) is 2. The van der Waals surface area contributed by atoms with Crippen LogP contribution in [0.2, 0.25) is 0 Å². The van der Waals surface area contributed by atoms with Crippen LogP contribution in [0.1, 0.15) is 50.2 Å². The SMILES string of the molecule is CCSC1CCC(NC(=NC)NCc2ccc(CN3CCC(O)CC3)cc2)C1.I. The lowest BCUT2D eigenvalue weighted by molar-refractivity contribution is 0.0792. The van der Waals surface area contributed by atoms with Crippen LogP contribution in [0.5, 0.6) is 0 Å². The van der Waals surface area contributed by atoms with Gasteiger partial charge in [0.15, 0.2) is 5.96 Å². The van der Waals surface area contributed by atoms with Gasteiger partial charge in [-0.1, -0.05) is 31.2 Å². The quantitative estimate of drug-likeness (QED) is 0.285. The zero-order valence-electron chi connectivity index (χ0n) is 17.8. The summed E-state index contributed by atoms with van der Waals surface area (Å²) in [7, 11) is 1.85. The average molecular weight is 533 g/mol. The molecule has 29 heavy (non-hydrogen) atoms. The maximum absolute atomic E-state index is 9.63. The van der Waals surface area contributed by atoms with E-state index in [2.05, 4.69) is 63.5 Å². The standard InChI is InChI=1S/C22H36N4OS.HI/c1-3-28-21-9-8-19(14-21)25-22(23-2)24-15-17-4-6-18(7-5-17)16-26-12-10-20(27)11-13-26;/h4-7,19-21,27H,3,8-16H2,1-2H3,(H2,23,24,25);1H. The fourth-order valence-electron chi connectivity index (χ4n) is 4.13. The fourth-order valence-corrected chi connectivity index (χ4v) is 5.27. The minimum absolute atomic E-state index is 0. The molecule has 0 radical (unpaired) electrons. The van der Waals surface area contributed by atoms with Crippen molar-refractivity contribution in [3.63, 3.8) is 0 Å². The summed E-state index contributed by atoms with van der Waals surface area (Å²) in [5, 5.41) is 17.5. The summed E-state index contributed by atoms with van der Waals surface area (Å²) < 4.78 is 0. The predicted octanol–water partition coefficient (Wildman–Crippen LogP) is 3.60. The molecular weight excluding hydrogens is 495 g/mol. The summed E-state index contributed by atoms with van der Waals surface area (Å²) in [4.78, 5) is 6.83. The molecule has 2 unspecified atom stereocenters. The van der Waals surface area contributed by atoms with Crippen LogP contribution >= 0.6 is 35.7 Å². The van der Waals surface area contributed by atoms with Crippen molar-refractivity contribution in [1.82, 2.24) is 15.5 Å². The molecular formula is C22H37IN4OS. The third-order valence-electron chi connectivity index (χ3n) is 5.80. The van der Waals surface area contributed by atoms with E-state index in [0.29, 0.717) is 6.04 Å². The molecule has 0 bridgehead atoms. The summed E-state index contributed by atoms with van der Waals surface area (Å²) in [6, 6.07) is 9.40. The maximum atomic E-state index is 9.63. The van der Waals surface area contributed by atoms with Crippen molar-refractivity contribution in [2.24, 2.45) is 4.99 Å². The van der Waals surface area contributed by atoms with Crippen LogP contribution in [-0.4, -0.2) is 59.3 Å². The van der Waals surface area contributed by atoms with Crippen LogP contribution < -0.4 is 10.6 Å². The molecule has 164 valence electrons. The molecule has 1 heterocycles. The largest absolute Gasteiger partial charge is 0.393 e. The molecule has 1 aromatic carbocycles. The Morgan fingerprint density at radius 1 is 1.14 bits per heavy atom. The van der Waals surface area contributed by atoms with Gasteiger partial charge < -0.3 is 15.7 Å². The Bertz CT molecular complexity index is 620. The van der Waals surface area contributed by atoms with E-state index in [4.69, 9.17) is 0 Å². The van der Waals surface area contributed by atoms with E-state index in [1.54, 1.807) is 0 Å². The van der Waals surface area contributed by atoms with Gasteiger partial charge in [0.1, 0.15) is 0 Å². The molecule has 0 aromatic heterocycles. The Hall–Kier alpha value is -0.510. The van der Waals surface area contributed by atoms with Gasteiger partial charge in [0.05, 0.1) is 6.10 Å². The molecule has 2 atom stereocenters. The molecule has 2 fully saturated rings. The molecule has 3 rings (SSSR count). The van der Waals surface area contributed by atoms with Crippen LogP contribution in [-0.2, 0) is 13.1 Å². The lowest BCUT2D eigenvalue weighted by atomic mass is 10.1. The third-order valence-corrected chi connectivity index (χ3v) is 7.03. The highest BCUT2D eigenvalue weighted by Gasteiger charge is 2.25. The van der Waals surface area contributed by atoms with Crippen molar-refractivity contribution < 1.29 is 5.11 Å². The zero-order valence-corrected chi connectivity index (χ0v) is 20.9. The topological polar surface area (TPSA) is 59.9 Å². The second-order valence-electron chi connectivity index (χ2n) is 7.98. The van der Waals surface area contributed by atoms with Gasteiger partial charge in [0.25, 0.3) is 0 Å². The van der Waals surface area contributed by atoms with E-state index in [1.165, 1.54) is 36.1 Å². The number of guanidine groups is 1. The van der Waals surface area contributed by atoms with Crippen LogP contribution in [0.3, 0.4) is 0 Å². The van der Waals surface area contributed by atoms with E-state index in [0.717, 1.165) is 50.2 Å². The number of rotatable bonds is 7. The average Bonchev–Trinajstić information content (AvgIpc) is 3.15. The second-order valence-corrected chi connectivity index (χ2v) is 9.56. The first kappa shape index (κ1) is 24.8. The first-order chi connectivity index (χ1) is 13.7. The summed E-state index contributed by atoms with van der Waals surface area (Å²) >= 11 is 2.09. The molecule has 1 aliphatic heterocycles. The Labute approximate surface area is 197 Å². The fraction of sp³-hybridized carbons (Fsp3) is 0.682. The van der Waals surface area contributed by atoms with Crippen LogP contribution in [0.4, 0.5) is 0 Å².